The van der Waals surface area contributed by atoms with E-state index in [0.29, 0.717) is 6.04 Å². The highest BCUT2D eigenvalue weighted by Crippen LogP contribution is 2.40. The molecular weight excluding hydrogens is 246 g/mol. The molecular formula is C18H27NO. The van der Waals surface area contributed by atoms with Crippen LogP contribution in [0.4, 0.5) is 0 Å². The molecule has 1 N–H and O–H groups in total. The van der Waals surface area contributed by atoms with Crippen LogP contribution < -0.4 is 5.32 Å². The van der Waals surface area contributed by atoms with Gasteiger partial charge in [0.05, 0.1) is 11.6 Å². The van der Waals surface area contributed by atoms with Crippen LogP contribution in [0.1, 0.15) is 69.0 Å². The SMILES string of the molecule is CCNC(c1cccc(C2CCC2)c1)C1(C)CCCO1. The van der Waals surface area contributed by atoms with Gasteiger partial charge in [-0.3, -0.25) is 0 Å². The third-order valence-electron chi connectivity index (χ3n) is 5.09. The maximum atomic E-state index is 6.09. The van der Waals surface area contributed by atoms with Gasteiger partial charge in [0, 0.05) is 6.61 Å². The Kier molecular flexibility index (Phi) is 4.13. The van der Waals surface area contributed by atoms with Crippen LogP contribution in [0.25, 0.3) is 0 Å². The molecule has 1 aliphatic carbocycles. The zero-order chi connectivity index (χ0) is 14.0. The van der Waals surface area contributed by atoms with Crippen molar-refractivity contribution in [1.82, 2.24) is 5.32 Å². The van der Waals surface area contributed by atoms with E-state index in [1.807, 2.05) is 0 Å². The molecule has 1 saturated carbocycles. The summed E-state index contributed by atoms with van der Waals surface area (Å²) in [6.07, 6.45) is 6.46. The zero-order valence-corrected chi connectivity index (χ0v) is 12.8. The van der Waals surface area contributed by atoms with Gasteiger partial charge in [0.25, 0.3) is 0 Å². The minimum absolute atomic E-state index is 0.0474. The number of hydrogen-bond donors (Lipinski definition) is 1. The molecule has 0 radical (unpaired) electrons. The zero-order valence-electron chi connectivity index (χ0n) is 12.8. The van der Waals surface area contributed by atoms with Crippen LogP contribution in [-0.2, 0) is 4.74 Å². The normalized spacial score (nSPS) is 28.3. The monoisotopic (exact) mass is 273 g/mol. The molecule has 2 aliphatic rings. The van der Waals surface area contributed by atoms with E-state index < -0.39 is 0 Å². The molecule has 2 heteroatoms. The molecule has 1 saturated heterocycles. The summed E-state index contributed by atoms with van der Waals surface area (Å²) in [5.41, 5.74) is 2.88. The molecule has 0 spiro atoms. The molecule has 1 heterocycles. The molecule has 2 fully saturated rings. The molecule has 0 aromatic heterocycles. The van der Waals surface area contributed by atoms with Crippen LogP contribution in [0.5, 0.6) is 0 Å². The van der Waals surface area contributed by atoms with Crippen molar-refractivity contribution in [3.8, 4) is 0 Å². The first-order valence-corrected chi connectivity index (χ1v) is 8.20. The summed E-state index contributed by atoms with van der Waals surface area (Å²) >= 11 is 0. The molecule has 110 valence electrons. The molecule has 20 heavy (non-hydrogen) atoms. The lowest BCUT2D eigenvalue weighted by Gasteiger charge is -2.35. The molecule has 0 amide bonds. The van der Waals surface area contributed by atoms with Gasteiger partial charge in [-0.2, -0.15) is 0 Å². The van der Waals surface area contributed by atoms with Crippen molar-refractivity contribution in [2.75, 3.05) is 13.2 Å². The van der Waals surface area contributed by atoms with Crippen LogP contribution in [-0.4, -0.2) is 18.8 Å². The van der Waals surface area contributed by atoms with Gasteiger partial charge in [-0.15, -0.1) is 0 Å². The first kappa shape index (κ1) is 14.1. The predicted octanol–water partition coefficient (Wildman–Crippen LogP) is 4.17. The van der Waals surface area contributed by atoms with E-state index in [9.17, 15) is 0 Å². The topological polar surface area (TPSA) is 21.3 Å². The number of rotatable bonds is 5. The highest BCUT2D eigenvalue weighted by atomic mass is 16.5. The Morgan fingerprint density at radius 3 is 2.80 bits per heavy atom. The van der Waals surface area contributed by atoms with Crippen LogP contribution in [0.3, 0.4) is 0 Å². The maximum absolute atomic E-state index is 6.09. The molecule has 2 nitrogen and oxygen atoms in total. The van der Waals surface area contributed by atoms with Gasteiger partial charge in [-0.25, -0.2) is 0 Å². The summed E-state index contributed by atoms with van der Waals surface area (Å²) in [6, 6.07) is 9.53. The maximum Gasteiger partial charge on any atom is 0.0849 e. The van der Waals surface area contributed by atoms with Crippen molar-refractivity contribution in [1.29, 1.82) is 0 Å². The van der Waals surface area contributed by atoms with Gasteiger partial charge in [-0.1, -0.05) is 37.6 Å². The van der Waals surface area contributed by atoms with E-state index >= 15 is 0 Å². The molecule has 2 unspecified atom stereocenters. The standard InChI is InChI=1S/C18H27NO/c1-3-19-17(18(2)11-6-12-20-18)16-10-5-9-15(13-16)14-7-4-8-14/h5,9-10,13-14,17,19H,3-4,6-8,11-12H2,1-2H3. The van der Waals surface area contributed by atoms with Crippen molar-refractivity contribution in [2.24, 2.45) is 0 Å². The van der Waals surface area contributed by atoms with Crippen molar-refractivity contribution >= 4 is 0 Å². The summed E-state index contributed by atoms with van der Waals surface area (Å²) < 4.78 is 6.09. The second-order valence-corrected chi connectivity index (χ2v) is 6.55. The van der Waals surface area contributed by atoms with Crippen molar-refractivity contribution < 1.29 is 4.74 Å². The largest absolute Gasteiger partial charge is 0.373 e. The van der Waals surface area contributed by atoms with Crippen molar-refractivity contribution in [3.63, 3.8) is 0 Å². The van der Waals surface area contributed by atoms with Crippen molar-refractivity contribution in [2.45, 2.75) is 63.5 Å². The summed E-state index contributed by atoms with van der Waals surface area (Å²) in [6.45, 7) is 6.34. The van der Waals surface area contributed by atoms with Crippen LogP contribution in [0.2, 0.25) is 0 Å². The third kappa shape index (κ3) is 2.64. The second-order valence-electron chi connectivity index (χ2n) is 6.55. The number of hydrogen-bond acceptors (Lipinski definition) is 2. The van der Waals surface area contributed by atoms with E-state index in [1.165, 1.54) is 36.8 Å². The average Bonchev–Trinajstić information content (AvgIpc) is 2.82. The number of ether oxygens (including phenoxy) is 1. The lowest BCUT2D eigenvalue weighted by atomic mass is 9.78. The highest BCUT2D eigenvalue weighted by molar-refractivity contribution is 5.31. The van der Waals surface area contributed by atoms with Gasteiger partial charge in [0.1, 0.15) is 0 Å². The van der Waals surface area contributed by atoms with E-state index in [-0.39, 0.29) is 5.60 Å². The summed E-state index contributed by atoms with van der Waals surface area (Å²) in [7, 11) is 0. The first-order chi connectivity index (χ1) is 9.73. The van der Waals surface area contributed by atoms with E-state index in [0.717, 1.165) is 25.5 Å². The number of likely N-dealkylation sites (N-methyl/N-ethyl adjacent to an activating group) is 1. The summed E-state index contributed by atoms with van der Waals surface area (Å²) in [5, 5.41) is 3.66. The quantitative estimate of drug-likeness (QED) is 0.869. The third-order valence-corrected chi connectivity index (χ3v) is 5.09. The van der Waals surface area contributed by atoms with E-state index in [1.54, 1.807) is 0 Å². The Bertz CT molecular complexity index is 446. The van der Waals surface area contributed by atoms with E-state index in [2.05, 4.69) is 43.4 Å². The lowest BCUT2D eigenvalue weighted by Crippen LogP contribution is -2.41. The molecule has 1 aliphatic heterocycles. The Labute approximate surface area is 122 Å². The molecule has 1 aromatic carbocycles. The van der Waals surface area contributed by atoms with Crippen LogP contribution >= 0.6 is 0 Å². The Morgan fingerprint density at radius 1 is 1.35 bits per heavy atom. The fourth-order valence-electron chi connectivity index (χ4n) is 3.65. The van der Waals surface area contributed by atoms with Crippen LogP contribution in [0.15, 0.2) is 24.3 Å². The minimum Gasteiger partial charge on any atom is -0.373 e. The number of benzene rings is 1. The fraction of sp³-hybridized carbons (Fsp3) is 0.667. The molecule has 1 aromatic rings. The van der Waals surface area contributed by atoms with Gasteiger partial charge in [0.15, 0.2) is 0 Å². The highest BCUT2D eigenvalue weighted by Gasteiger charge is 2.39. The Morgan fingerprint density at radius 2 is 2.20 bits per heavy atom. The smallest absolute Gasteiger partial charge is 0.0849 e. The Hall–Kier alpha value is -0.860. The van der Waals surface area contributed by atoms with Crippen molar-refractivity contribution in [3.05, 3.63) is 35.4 Å². The fourth-order valence-corrected chi connectivity index (χ4v) is 3.65. The predicted molar refractivity (Wildman–Crippen MR) is 83.0 cm³/mol. The number of nitrogens with one attached hydrogen (secondary N) is 1. The first-order valence-electron chi connectivity index (χ1n) is 8.20. The van der Waals surface area contributed by atoms with Gasteiger partial charge >= 0.3 is 0 Å². The van der Waals surface area contributed by atoms with Gasteiger partial charge < -0.3 is 10.1 Å². The molecule has 3 rings (SSSR count). The van der Waals surface area contributed by atoms with E-state index in [4.69, 9.17) is 4.74 Å². The summed E-state index contributed by atoms with van der Waals surface area (Å²) in [5.74, 6) is 0.800. The summed E-state index contributed by atoms with van der Waals surface area (Å²) in [4.78, 5) is 0. The van der Waals surface area contributed by atoms with Gasteiger partial charge in [0.2, 0.25) is 0 Å². The lowest BCUT2D eigenvalue weighted by molar-refractivity contribution is -0.0121. The minimum atomic E-state index is -0.0474. The van der Waals surface area contributed by atoms with Gasteiger partial charge in [-0.05, 0) is 56.2 Å². The second kappa shape index (κ2) is 5.87. The molecule has 0 bridgehead atoms. The molecule has 2 atom stereocenters. The average molecular weight is 273 g/mol. The van der Waals surface area contributed by atoms with Crippen LogP contribution in [0, 0.1) is 0 Å². The Balaban J connectivity index is 1.86.